The van der Waals surface area contributed by atoms with Gasteiger partial charge in [-0.1, -0.05) is 101 Å². The third kappa shape index (κ3) is 6.91. The van der Waals surface area contributed by atoms with E-state index in [1.54, 1.807) is 16.7 Å². The van der Waals surface area contributed by atoms with Crippen LogP contribution in [0.1, 0.15) is 48.9 Å². The van der Waals surface area contributed by atoms with Crippen molar-refractivity contribution in [3.05, 3.63) is 74.9 Å². The smallest absolute Gasteiger partial charge is 0.358 e. The van der Waals surface area contributed by atoms with Gasteiger partial charge in [-0.05, 0) is 0 Å². The first kappa shape index (κ1) is 30.2. The van der Waals surface area contributed by atoms with E-state index in [0.29, 0.717) is 0 Å². The normalized spacial score (nSPS) is 9.62. The molecule has 0 aromatic heterocycles. The minimum atomic E-state index is -0.647. The summed E-state index contributed by atoms with van der Waals surface area (Å²) in [6.07, 6.45) is 2.71. The van der Waals surface area contributed by atoms with Gasteiger partial charge in [0, 0.05) is 8.80 Å². The van der Waals surface area contributed by atoms with E-state index in [2.05, 4.69) is 65.0 Å². The molecule has 0 nitrogen and oxygen atoms in total. The largest absolute Gasteiger partial charge is 4.00 e. The maximum absolute atomic E-state index is 2.35. The van der Waals surface area contributed by atoms with Crippen molar-refractivity contribution in [1.82, 2.24) is 0 Å². The number of hydrogen-bond donors (Lipinski definition) is 0. The van der Waals surface area contributed by atoms with E-state index in [1.165, 1.54) is 47.7 Å². The molecule has 0 fully saturated rings. The summed E-state index contributed by atoms with van der Waals surface area (Å²) in [7, 11) is -0.647. The zero-order valence-corrected chi connectivity index (χ0v) is 21.2. The Balaban J connectivity index is -0.00000132. The first-order valence-corrected chi connectivity index (χ1v) is 11.4. The second kappa shape index (κ2) is 14.5. The van der Waals surface area contributed by atoms with Crippen molar-refractivity contribution in [3.63, 3.8) is 0 Å². The molecule has 2 rings (SSSR count). The third-order valence-corrected chi connectivity index (χ3v) is 8.98. The number of benzene rings is 1. The Labute approximate surface area is 181 Å². The van der Waals surface area contributed by atoms with Crippen LogP contribution in [-0.4, -0.2) is 8.80 Å². The van der Waals surface area contributed by atoms with Crippen molar-refractivity contribution in [3.8, 4) is 11.1 Å². The molecule has 0 spiro atoms. The Morgan fingerprint density at radius 2 is 1.31 bits per heavy atom. The van der Waals surface area contributed by atoms with Crippen LogP contribution in [0.3, 0.4) is 0 Å². The monoisotopic (exact) mass is 404 g/mol. The Hall–Kier alpha value is -0.499. The molecule has 0 bridgehead atoms. The minimum Gasteiger partial charge on any atom is -0.358 e. The SMILES string of the molecule is CCC[SiH](CCC)C[c-]1c(C)c(C)c(C)c1-c1ccccc1.[CH3-].[CH3-].[CH3-].[Ti+4]. The summed E-state index contributed by atoms with van der Waals surface area (Å²) in [5.41, 5.74) is 9.18. The molecule has 0 saturated heterocycles. The molecule has 0 N–H and O–H groups in total. The Kier molecular flexibility index (Phi) is 16.9. The summed E-state index contributed by atoms with van der Waals surface area (Å²) in [4.78, 5) is 0. The standard InChI is InChI=1S/C21H31Si.3CH3.Ti/c1-6-13-22(14-7-2)15-20-17(4)16(3)18(5)21(20)19-11-9-8-10-12-19;;;;/h8-12,22H,6-7,13-15H2,1-5H3;3*1H3;/q4*-1;+4. The molecule has 2 aromatic carbocycles. The molecule has 0 unspecified atom stereocenters. The molecule has 2 aromatic rings. The van der Waals surface area contributed by atoms with Crippen molar-refractivity contribution in [1.29, 1.82) is 0 Å². The predicted molar refractivity (Wildman–Crippen MR) is 122 cm³/mol. The molecule has 26 heavy (non-hydrogen) atoms. The Morgan fingerprint density at radius 1 is 0.808 bits per heavy atom. The summed E-state index contributed by atoms with van der Waals surface area (Å²) in [5, 5.41) is 0. The van der Waals surface area contributed by atoms with Crippen LogP contribution < -0.4 is 0 Å². The van der Waals surface area contributed by atoms with E-state index in [0.717, 1.165) is 0 Å². The fourth-order valence-electron chi connectivity index (χ4n) is 3.81. The van der Waals surface area contributed by atoms with Gasteiger partial charge in [0.2, 0.25) is 0 Å². The summed E-state index contributed by atoms with van der Waals surface area (Å²) in [6, 6.07) is 15.4. The first-order chi connectivity index (χ1) is 10.6. The summed E-state index contributed by atoms with van der Waals surface area (Å²) in [6.45, 7) is 11.7. The number of rotatable bonds is 7. The van der Waals surface area contributed by atoms with Gasteiger partial charge in [0.25, 0.3) is 0 Å². The van der Waals surface area contributed by atoms with E-state index in [4.69, 9.17) is 0 Å². The van der Waals surface area contributed by atoms with Crippen LogP contribution in [0.15, 0.2) is 30.3 Å². The summed E-state index contributed by atoms with van der Waals surface area (Å²) < 4.78 is 0. The topological polar surface area (TPSA) is 0 Å². The summed E-state index contributed by atoms with van der Waals surface area (Å²) >= 11 is 0. The molecule has 0 aliphatic rings. The zero-order chi connectivity index (χ0) is 16.1. The molecule has 0 amide bonds. The predicted octanol–water partition coefficient (Wildman–Crippen LogP) is 7.47. The van der Waals surface area contributed by atoms with Gasteiger partial charge in [0.15, 0.2) is 0 Å². The Morgan fingerprint density at radius 3 is 1.77 bits per heavy atom. The molecular formula is C24H40SiTi. The van der Waals surface area contributed by atoms with Crippen molar-refractivity contribution in [2.45, 2.75) is 65.6 Å². The molecule has 2 heteroatoms. The van der Waals surface area contributed by atoms with Crippen LogP contribution >= 0.6 is 0 Å². The van der Waals surface area contributed by atoms with Crippen molar-refractivity contribution < 1.29 is 21.7 Å². The van der Waals surface area contributed by atoms with Crippen molar-refractivity contribution in [2.75, 3.05) is 0 Å². The van der Waals surface area contributed by atoms with E-state index < -0.39 is 8.80 Å². The molecule has 0 aliphatic carbocycles. The molecule has 0 radical (unpaired) electrons. The second-order valence-corrected chi connectivity index (χ2v) is 10.0. The maximum Gasteiger partial charge on any atom is 4.00 e. The quantitative estimate of drug-likeness (QED) is 0.331. The van der Waals surface area contributed by atoms with Crippen LogP contribution in [-0.2, 0) is 27.8 Å². The first-order valence-electron chi connectivity index (χ1n) is 8.90. The molecule has 0 aliphatic heterocycles. The average Bonchev–Trinajstić information content (AvgIpc) is 2.73. The fraction of sp³-hybridized carbons (Fsp3) is 0.417. The van der Waals surface area contributed by atoms with E-state index in [1.807, 2.05) is 0 Å². The van der Waals surface area contributed by atoms with Gasteiger partial charge >= 0.3 is 21.7 Å². The average molecular weight is 405 g/mol. The van der Waals surface area contributed by atoms with Gasteiger partial charge in [0.1, 0.15) is 0 Å². The zero-order valence-electron chi connectivity index (χ0n) is 18.5. The van der Waals surface area contributed by atoms with Crippen molar-refractivity contribution >= 4 is 8.80 Å². The van der Waals surface area contributed by atoms with Gasteiger partial charge in [-0.15, -0.1) is 16.7 Å². The van der Waals surface area contributed by atoms with Gasteiger partial charge in [-0.3, -0.25) is 0 Å². The van der Waals surface area contributed by atoms with Crippen LogP contribution in [0, 0.1) is 43.1 Å². The third-order valence-electron chi connectivity index (χ3n) is 5.20. The van der Waals surface area contributed by atoms with Crippen molar-refractivity contribution in [2.24, 2.45) is 0 Å². The number of hydrogen-bond acceptors (Lipinski definition) is 0. The van der Waals surface area contributed by atoms with Crippen LogP contribution in [0.2, 0.25) is 12.1 Å². The van der Waals surface area contributed by atoms with Gasteiger partial charge in [-0.25, -0.2) is 0 Å². The van der Waals surface area contributed by atoms with E-state index in [9.17, 15) is 0 Å². The molecule has 0 heterocycles. The van der Waals surface area contributed by atoms with Crippen LogP contribution in [0.4, 0.5) is 0 Å². The second-order valence-electron chi connectivity index (χ2n) is 6.74. The van der Waals surface area contributed by atoms with E-state index in [-0.39, 0.29) is 44.0 Å². The van der Waals surface area contributed by atoms with Crippen LogP contribution in [0.25, 0.3) is 11.1 Å². The van der Waals surface area contributed by atoms with E-state index >= 15 is 0 Å². The van der Waals surface area contributed by atoms with Gasteiger partial charge in [-0.2, -0.15) is 11.1 Å². The summed E-state index contributed by atoms with van der Waals surface area (Å²) in [5.74, 6) is 0. The van der Waals surface area contributed by atoms with Gasteiger partial charge in [0.05, 0.1) is 0 Å². The molecule has 0 atom stereocenters. The Bertz CT molecular complexity index is 592. The molecule has 0 saturated carbocycles. The molecular weight excluding hydrogens is 364 g/mol. The fourth-order valence-corrected chi connectivity index (χ4v) is 7.23. The maximum atomic E-state index is 2.35. The van der Waals surface area contributed by atoms with Crippen LogP contribution in [0.5, 0.6) is 0 Å². The molecule has 144 valence electrons. The minimum absolute atomic E-state index is 0. The van der Waals surface area contributed by atoms with Gasteiger partial charge < -0.3 is 22.3 Å².